The zero-order valence-corrected chi connectivity index (χ0v) is 10.2. The van der Waals surface area contributed by atoms with E-state index in [2.05, 4.69) is 39.0 Å². The van der Waals surface area contributed by atoms with Gasteiger partial charge in [0.1, 0.15) is 0 Å². The van der Waals surface area contributed by atoms with Gasteiger partial charge in [-0.1, -0.05) is 44.9 Å². The van der Waals surface area contributed by atoms with Crippen LogP contribution < -0.4 is 0 Å². The van der Waals surface area contributed by atoms with Crippen LogP contribution in [0.1, 0.15) is 56.2 Å². The number of benzene rings is 1. The van der Waals surface area contributed by atoms with E-state index >= 15 is 0 Å². The van der Waals surface area contributed by atoms with Gasteiger partial charge in [0, 0.05) is 0 Å². The highest BCUT2D eigenvalue weighted by atomic mass is 14.1. The van der Waals surface area contributed by atoms with Crippen LogP contribution in [-0.2, 0) is 12.8 Å². The Labute approximate surface area is 94.7 Å². The molecule has 0 aliphatic carbocycles. The molecule has 15 heavy (non-hydrogen) atoms. The third-order valence-corrected chi connectivity index (χ3v) is 2.89. The lowest BCUT2D eigenvalue weighted by molar-refractivity contribution is 0.779. The van der Waals surface area contributed by atoms with Gasteiger partial charge in [-0.25, -0.2) is 0 Å². The molecule has 0 heteroatoms. The predicted molar refractivity (Wildman–Crippen MR) is 68.1 cm³/mol. The maximum Gasteiger partial charge on any atom is -0.0235 e. The second-order valence-corrected chi connectivity index (χ2v) is 4.31. The van der Waals surface area contributed by atoms with E-state index in [0.717, 1.165) is 0 Å². The molecule has 0 aliphatic rings. The van der Waals surface area contributed by atoms with E-state index in [-0.39, 0.29) is 0 Å². The normalized spacial score (nSPS) is 10.6. The van der Waals surface area contributed by atoms with Crippen molar-refractivity contribution in [3.63, 3.8) is 0 Å². The van der Waals surface area contributed by atoms with E-state index < -0.39 is 0 Å². The maximum atomic E-state index is 4.09. The van der Waals surface area contributed by atoms with Gasteiger partial charge in [0.05, 0.1) is 0 Å². The number of hydrogen-bond acceptors (Lipinski definition) is 0. The van der Waals surface area contributed by atoms with Crippen LogP contribution in [0.4, 0.5) is 0 Å². The van der Waals surface area contributed by atoms with Crippen molar-refractivity contribution in [1.29, 1.82) is 0 Å². The van der Waals surface area contributed by atoms with Crippen molar-refractivity contribution in [1.82, 2.24) is 0 Å². The first-order valence-corrected chi connectivity index (χ1v) is 6.21. The Morgan fingerprint density at radius 2 is 1.67 bits per heavy atom. The van der Waals surface area contributed by atoms with Crippen LogP contribution in [0.2, 0.25) is 0 Å². The van der Waals surface area contributed by atoms with Crippen LogP contribution in [0.5, 0.6) is 0 Å². The molecular weight excluding hydrogens is 180 g/mol. The van der Waals surface area contributed by atoms with Gasteiger partial charge < -0.3 is 0 Å². The van der Waals surface area contributed by atoms with Gasteiger partial charge in [-0.2, -0.15) is 0 Å². The second kappa shape index (κ2) is 6.66. The minimum atomic E-state index is 1.19. The molecule has 0 fully saturated rings. The molecule has 1 aromatic carbocycles. The van der Waals surface area contributed by atoms with E-state index in [1.807, 2.05) is 0 Å². The van der Waals surface area contributed by atoms with Gasteiger partial charge in [0.15, 0.2) is 0 Å². The van der Waals surface area contributed by atoms with Crippen molar-refractivity contribution in [2.24, 2.45) is 0 Å². The van der Waals surface area contributed by atoms with E-state index in [1.54, 1.807) is 0 Å². The van der Waals surface area contributed by atoms with Crippen molar-refractivity contribution in [3.8, 4) is 0 Å². The molecule has 0 atom stereocenters. The van der Waals surface area contributed by atoms with E-state index in [0.29, 0.717) is 0 Å². The lowest BCUT2D eigenvalue weighted by Crippen LogP contribution is -1.93. The Kier molecular flexibility index (Phi) is 5.45. The molecule has 0 aromatic heterocycles. The molecule has 0 spiro atoms. The van der Waals surface area contributed by atoms with Crippen LogP contribution >= 0.6 is 0 Å². The second-order valence-electron chi connectivity index (χ2n) is 4.31. The molecule has 0 unspecified atom stereocenters. The molecule has 0 N–H and O–H groups in total. The molecule has 0 saturated heterocycles. The first-order chi connectivity index (χ1) is 7.27. The molecule has 0 amide bonds. The van der Waals surface area contributed by atoms with Gasteiger partial charge in [0.25, 0.3) is 0 Å². The summed E-state index contributed by atoms with van der Waals surface area (Å²) in [5.41, 5.74) is 4.14. The standard InChI is InChI=1S/C15H23/c1-4-6-8-14-11-10-13(3)15(12-14)9-7-5-2/h10-12H,3-9H2,1-2H3. The fourth-order valence-electron chi connectivity index (χ4n) is 1.82. The maximum absolute atomic E-state index is 4.09. The summed E-state index contributed by atoms with van der Waals surface area (Å²) in [4.78, 5) is 0. The van der Waals surface area contributed by atoms with Crippen LogP contribution in [0.25, 0.3) is 0 Å². The summed E-state index contributed by atoms with van der Waals surface area (Å²) in [6.07, 6.45) is 7.52. The predicted octanol–water partition coefficient (Wildman–Crippen LogP) is 4.55. The fraction of sp³-hybridized carbons (Fsp3) is 0.533. The monoisotopic (exact) mass is 203 g/mol. The number of rotatable bonds is 6. The first-order valence-electron chi connectivity index (χ1n) is 6.21. The van der Waals surface area contributed by atoms with E-state index in [1.165, 1.54) is 55.2 Å². The smallest absolute Gasteiger partial charge is 0.0235 e. The summed E-state index contributed by atoms with van der Waals surface area (Å²) in [6.45, 7) is 8.58. The molecule has 0 bridgehead atoms. The molecule has 1 rings (SSSR count). The van der Waals surface area contributed by atoms with Crippen molar-refractivity contribution >= 4 is 0 Å². The van der Waals surface area contributed by atoms with Gasteiger partial charge >= 0.3 is 0 Å². The summed E-state index contributed by atoms with van der Waals surface area (Å²) in [5, 5.41) is 0. The molecule has 0 heterocycles. The summed E-state index contributed by atoms with van der Waals surface area (Å²) < 4.78 is 0. The highest BCUT2D eigenvalue weighted by molar-refractivity contribution is 5.34. The SMILES string of the molecule is [CH2]c1ccc(CCCC)cc1CCCC. The van der Waals surface area contributed by atoms with Crippen LogP contribution in [0.15, 0.2) is 18.2 Å². The quantitative estimate of drug-likeness (QED) is 0.636. The molecule has 83 valence electrons. The van der Waals surface area contributed by atoms with Crippen LogP contribution in [-0.4, -0.2) is 0 Å². The van der Waals surface area contributed by atoms with Crippen molar-refractivity contribution < 1.29 is 0 Å². The lowest BCUT2D eigenvalue weighted by Gasteiger charge is -2.08. The summed E-state index contributed by atoms with van der Waals surface area (Å²) >= 11 is 0. The zero-order valence-electron chi connectivity index (χ0n) is 10.2. The minimum absolute atomic E-state index is 1.19. The Bertz CT molecular complexity index is 286. The molecule has 0 saturated carbocycles. The number of hydrogen-bond donors (Lipinski definition) is 0. The first kappa shape index (κ1) is 12.3. The van der Waals surface area contributed by atoms with Crippen molar-refractivity contribution in [3.05, 3.63) is 41.8 Å². The third kappa shape index (κ3) is 4.07. The molecule has 0 aliphatic heterocycles. The molecule has 1 radical (unpaired) electrons. The Morgan fingerprint density at radius 3 is 2.33 bits per heavy atom. The van der Waals surface area contributed by atoms with Crippen LogP contribution in [0, 0.1) is 6.92 Å². The van der Waals surface area contributed by atoms with Crippen LogP contribution in [0.3, 0.4) is 0 Å². The summed E-state index contributed by atoms with van der Waals surface area (Å²) in [7, 11) is 0. The average Bonchev–Trinajstić information content (AvgIpc) is 2.26. The van der Waals surface area contributed by atoms with Gasteiger partial charge in [-0.05, 0) is 49.3 Å². The Morgan fingerprint density at radius 1 is 1.00 bits per heavy atom. The molecule has 1 aromatic rings. The summed E-state index contributed by atoms with van der Waals surface area (Å²) in [5.74, 6) is 0. The third-order valence-electron chi connectivity index (χ3n) is 2.89. The van der Waals surface area contributed by atoms with Gasteiger partial charge in [0.2, 0.25) is 0 Å². The number of unbranched alkanes of at least 4 members (excludes halogenated alkanes) is 2. The molecular formula is C15H23. The van der Waals surface area contributed by atoms with E-state index in [4.69, 9.17) is 0 Å². The minimum Gasteiger partial charge on any atom is -0.0654 e. The van der Waals surface area contributed by atoms with Crippen molar-refractivity contribution in [2.75, 3.05) is 0 Å². The largest absolute Gasteiger partial charge is 0.0654 e. The topological polar surface area (TPSA) is 0 Å². The lowest BCUT2D eigenvalue weighted by atomic mass is 9.98. The zero-order chi connectivity index (χ0) is 11.1. The Hall–Kier alpha value is -0.780. The van der Waals surface area contributed by atoms with Gasteiger partial charge in [-0.3, -0.25) is 0 Å². The van der Waals surface area contributed by atoms with Crippen molar-refractivity contribution in [2.45, 2.75) is 52.4 Å². The van der Waals surface area contributed by atoms with E-state index in [9.17, 15) is 0 Å². The summed E-state index contributed by atoms with van der Waals surface area (Å²) in [6, 6.07) is 6.76. The highest BCUT2D eigenvalue weighted by Gasteiger charge is 2.00. The number of aryl methyl sites for hydroxylation is 2. The Balaban J connectivity index is 2.66. The fourth-order valence-corrected chi connectivity index (χ4v) is 1.82. The molecule has 0 nitrogen and oxygen atoms in total. The average molecular weight is 203 g/mol. The highest BCUT2D eigenvalue weighted by Crippen LogP contribution is 2.15. The van der Waals surface area contributed by atoms with Gasteiger partial charge in [-0.15, -0.1) is 0 Å².